The van der Waals surface area contributed by atoms with Crippen molar-refractivity contribution in [2.75, 3.05) is 0 Å². The zero-order chi connectivity index (χ0) is 11.5. The third-order valence-electron chi connectivity index (χ3n) is 2.15. The van der Waals surface area contributed by atoms with Crippen LogP contribution >= 0.6 is 0 Å². The number of hydrogen-bond acceptors (Lipinski definition) is 3. The third kappa shape index (κ3) is 2.04. The van der Waals surface area contributed by atoms with E-state index in [0.29, 0.717) is 17.0 Å². The summed E-state index contributed by atoms with van der Waals surface area (Å²) in [5.41, 5.74) is 7.09. The number of nitrogens with zero attached hydrogens (tertiary/aromatic N) is 2. The van der Waals surface area contributed by atoms with Gasteiger partial charge < -0.3 is 5.73 Å². The van der Waals surface area contributed by atoms with Crippen LogP contribution in [0.3, 0.4) is 0 Å². The number of halogens is 2. The molecule has 0 radical (unpaired) electrons. The molecule has 5 heteroatoms. The maximum atomic E-state index is 13.0. The van der Waals surface area contributed by atoms with Crippen molar-refractivity contribution < 1.29 is 8.78 Å². The number of aromatic nitrogens is 2. The van der Waals surface area contributed by atoms with Crippen LogP contribution in [0, 0.1) is 11.6 Å². The predicted octanol–water partition coefficient (Wildman–Crippen LogP) is 1.88. The van der Waals surface area contributed by atoms with Crippen molar-refractivity contribution in [3.05, 3.63) is 47.9 Å². The van der Waals surface area contributed by atoms with E-state index in [2.05, 4.69) is 9.97 Å². The van der Waals surface area contributed by atoms with E-state index in [1.165, 1.54) is 12.4 Å². The van der Waals surface area contributed by atoms with E-state index < -0.39 is 11.6 Å². The van der Waals surface area contributed by atoms with Gasteiger partial charge in [-0.25, -0.2) is 18.7 Å². The van der Waals surface area contributed by atoms with Crippen LogP contribution in [0.25, 0.3) is 11.3 Å². The molecule has 0 aliphatic carbocycles. The summed E-state index contributed by atoms with van der Waals surface area (Å²) in [5.74, 6) is -1.78. The predicted molar refractivity (Wildman–Crippen MR) is 55.3 cm³/mol. The van der Waals surface area contributed by atoms with Crippen LogP contribution in [-0.2, 0) is 6.54 Å². The van der Waals surface area contributed by atoms with Gasteiger partial charge in [-0.3, -0.25) is 0 Å². The van der Waals surface area contributed by atoms with Crippen molar-refractivity contribution in [1.29, 1.82) is 0 Å². The highest BCUT2D eigenvalue weighted by atomic mass is 19.2. The summed E-state index contributed by atoms with van der Waals surface area (Å²) in [5, 5.41) is 0. The van der Waals surface area contributed by atoms with Crippen molar-refractivity contribution >= 4 is 0 Å². The first-order valence-electron chi connectivity index (χ1n) is 4.67. The van der Waals surface area contributed by atoms with E-state index in [1.54, 1.807) is 6.07 Å². The third-order valence-corrected chi connectivity index (χ3v) is 2.15. The van der Waals surface area contributed by atoms with Crippen molar-refractivity contribution in [3.63, 3.8) is 0 Å². The minimum atomic E-state index is -0.898. The molecule has 0 spiro atoms. The molecule has 0 bridgehead atoms. The average molecular weight is 221 g/mol. The summed E-state index contributed by atoms with van der Waals surface area (Å²) < 4.78 is 25.7. The molecule has 2 rings (SSSR count). The highest BCUT2D eigenvalue weighted by molar-refractivity contribution is 5.59. The number of benzene rings is 1. The standard InChI is InChI=1S/C11H9F2N3/c12-9-2-1-7(3-10(9)13)11-4-8(5-14)15-6-16-11/h1-4,6H,5,14H2. The van der Waals surface area contributed by atoms with Crippen LogP contribution in [-0.4, -0.2) is 9.97 Å². The maximum absolute atomic E-state index is 13.0. The molecule has 0 unspecified atom stereocenters. The Morgan fingerprint density at radius 2 is 1.88 bits per heavy atom. The molecule has 0 saturated heterocycles. The van der Waals surface area contributed by atoms with Crippen LogP contribution < -0.4 is 5.73 Å². The number of nitrogens with two attached hydrogens (primary N) is 1. The second-order valence-corrected chi connectivity index (χ2v) is 3.23. The van der Waals surface area contributed by atoms with Gasteiger partial charge in [0.2, 0.25) is 0 Å². The van der Waals surface area contributed by atoms with Crippen molar-refractivity contribution in [1.82, 2.24) is 9.97 Å². The molecule has 16 heavy (non-hydrogen) atoms. The van der Waals surface area contributed by atoms with Crippen LogP contribution in [0.1, 0.15) is 5.69 Å². The summed E-state index contributed by atoms with van der Waals surface area (Å²) in [6, 6.07) is 5.26. The van der Waals surface area contributed by atoms with Crippen molar-refractivity contribution in [2.45, 2.75) is 6.54 Å². The lowest BCUT2D eigenvalue weighted by Crippen LogP contribution is -2.00. The molecular weight excluding hydrogens is 212 g/mol. The normalized spacial score (nSPS) is 10.4. The Balaban J connectivity index is 2.46. The van der Waals surface area contributed by atoms with Gasteiger partial charge >= 0.3 is 0 Å². The van der Waals surface area contributed by atoms with Gasteiger partial charge in [-0.05, 0) is 24.3 Å². The smallest absolute Gasteiger partial charge is 0.159 e. The zero-order valence-electron chi connectivity index (χ0n) is 8.32. The molecule has 0 fully saturated rings. The first kappa shape index (κ1) is 10.6. The molecule has 82 valence electrons. The Hall–Kier alpha value is -1.88. The lowest BCUT2D eigenvalue weighted by molar-refractivity contribution is 0.509. The monoisotopic (exact) mass is 221 g/mol. The maximum Gasteiger partial charge on any atom is 0.159 e. The van der Waals surface area contributed by atoms with E-state index in [4.69, 9.17) is 5.73 Å². The SMILES string of the molecule is NCc1cc(-c2ccc(F)c(F)c2)ncn1. The van der Waals surface area contributed by atoms with Gasteiger partial charge in [0, 0.05) is 12.1 Å². The molecule has 0 saturated carbocycles. The average Bonchev–Trinajstić information content (AvgIpc) is 2.33. The molecular formula is C11H9F2N3. The Morgan fingerprint density at radius 1 is 1.06 bits per heavy atom. The Labute approximate surface area is 91.0 Å². The first-order valence-corrected chi connectivity index (χ1v) is 4.67. The summed E-state index contributed by atoms with van der Waals surface area (Å²) >= 11 is 0. The number of rotatable bonds is 2. The molecule has 3 nitrogen and oxygen atoms in total. The minimum Gasteiger partial charge on any atom is -0.325 e. The molecule has 1 heterocycles. The van der Waals surface area contributed by atoms with Gasteiger partial charge in [-0.1, -0.05) is 0 Å². The second-order valence-electron chi connectivity index (χ2n) is 3.23. The summed E-state index contributed by atoms with van der Waals surface area (Å²) in [4.78, 5) is 7.89. The van der Waals surface area contributed by atoms with Crippen LogP contribution in [0.15, 0.2) is 30.6 Å². The van der Waals surface area contributed by atoms with Crippen molar-refractivity contribution in [2.24, 2.45) is 5.73 Å². The quantitative estimate of drug-likeness (QED) is 0.842. The van der Waals surface area contributed by atoms with Crippen LogP contribution in [0.5, 0.6) is 0 Å². The highest BCUT2D eigenvalue weighted by Crippen LogP contribution is 2.19. The van der Waals surface area contributed by atoms with E-state index in [9.17, 15) is 8.78 Å². The van der Waals surface area contributed by atoms with Crippen LogP contribution in [0.4, 0.5) is 8.78 Å². The fourth-order valence-corrected chi connectivity index (χ4v) is 1.32. The second kappa shape index (κ2) is 4.32. The molecule has 0 atom stereocenters. The Kier molecular flexibility index (Phi) is 2.87. The van der Waals surface area contributed by atoms with E-state index >= 15 is 0 Å². The largest absolute Gasteiger partial charge is 0.325 e. The van der Waals surface area contributed by atoms with Crippen LogP contribution in [0.2, 0.25) is 0 Å². The molecule has 0 amide bonds. The molecule has 0 aliphatic heterocycles. The van der Waals surface area contributed by atoms with E-state index in [1.807, 2.05) is 0 Å². The fourth-order valence-electron chi connectivity index (χ4n) is 1.32. The summed E-state index contributed by atoms with van der Waals surface area (Å²) in [6.45, 7) is 0.277. The van der Waals surface area contributed by atoms with Gasteiger partial charge in [0.15, 0.2) is 11.6 Å². The van der Waals surface area contributed by atoms with Gasteiger partial charge in [0.1, 0.15) is 6.33 Å². The lowest BCUT2D eigenvalue weighted by atomic mass is 10.1. The first-order chi connectivity index (χ1) is 7.70. The minimum absolute atomic E-state index is 0.277. The molecule has 1 aromatic heterocycles. The lowest BCUT2D eigenvalue weighted by Gasteiger charge is -2.02. The van der Waals surface area contributed by atoms with Gasteiger partial charge in [-0.15, -0.1) is 0 Å². The topological polar surface area (TPSA) is 51.8 Å². The Bertz CT molecular complexity index is 514. The molecule has 2 aromatic rings. The summed E-state index contributed by atoms with van der Waals surface area (Å²) in [6.07, 6.45) is 1.35. The van der Waals surface area contributed by atoms with Gasteiger partial charge in [-0.2, -0.15) is 0 Å². The van der Waals surface area contributed by atoms with E-state index in [0.717, 1.165) is 12.1 Å². The van der Waals surface area contributed by atoms with E-state index in [-0.39, 0.29) is 6.54 Å². The Morgan fingerprint density at radius 3 is 2.56 bits per heavy atom. The van der Waals surface area contributed by atoms with Gasteiger partial charge in [0.05, 0.1) is 11.4 Å². The molecule has 1 aromatic carbocycles. The van der Waals surface area contributed by atoms with Gasteiger partial charge in [0.25, 0.3) is 0 Å². The zero-order valence-corrected chi connectivity index (χ0v) is 8.32. The molecule has 2 N–H and O–H groups in total. The fraction of sp³-hybridized carbons (Fsp3) is 0.0909. The van der Waals surface area contributed by atoms with Crippen molar-refractivity contribution in [3.8, 4) is 11.3 Å². The molecule has 0 aliphatic rings. The highest BCUT2D eigenvalue weighted by Gasteiger charge is 2.06. The summed E-state index contributed by atoms with van der Waals surface area (Å²) in [7, 11) is 0. The number of hydrogen-bond donors (Lipinski definition) is 1.